The molecule has 5 heteroatoms. The highest BCUT2D eigenvalue weighted by Gasteiger charge is 2.08. The number of carbonyl (C=O) groups is 2. The van der Waals surface area contributed by atoms with E-state index < -0.39 is 0 Å². The minimum absolute atomic E-state index is 0.262. The van der Waals surface area contributed by atoms with Crippen LogP contribution in [-0.2, 0) is 20.9 Å². The summed E-state index contributed by atoms with van der Waals surface area (Å²) in [5.74, 6) is 0.168. The number of ether oxygens (including phenoxy) is 3. The second kappa shape index (κ2) is 15.2. The molecule has 0 saturated heterocycles. The summed E-state index contributed by atoms with van der Waals surface area (Å²) < 4.78 is 16.2. The first-order chi connectivity index (χ1) is 17.7. The molecule has 0 unspecified atom stereocenters. The van der Waals surface area contributed by atoms with Crippen molar-refractivity contribution in [1.29, 1.82) is 0 Å². The quantitative estimate of drug-likeness (QED) is 0.130. The zero-order valence-corrected chi connectivity index (χ0v) is 20.7. The summed E-state index contributed by atoms with van der Waals surface area (Å²) in [6.07, 6.45) is 7.54. The number of hydrogen-bond donors (Lipinski definition) is 0. The van der Waals surface area contributed by atoms with Crippen molar-refractivity contribution in [3.8, 4) is 16.9 Å². The Labute approximate surface area is 213 Å². The topological polar surface area (TPSA) is 61.8 Å². The van der Waals surface area contributed by atoms with Gasteiger partial charge in [-0.05, 0) is 53.8 Å². The van der Waals surface area contributed by atoms with Gasteiger partial charge in [-0.25, -0.2) is 9.59 Å². The Bertz CT molecular complexity index is 1070. The fourth-order valence-electron chi connectivity index (χ4n) is 3.68. The first-order valence-electron chi connectivity index (χ1n) is 12.5. The lowest BCUT2D eigenvalue weighted by Gasteiger charge is -2.09. The summed E-state index contributed by atoms with van der Waals surface area (Å²) in [7, 11) is 0. The van der Waals surface area contributed by atoms with Crippen LogP contribution >= 0.6 is 0 Å². The number of hydrogen-bond acceptors (Lipinski definition) is 5. The van der Waals surface area contributed by atoms with E-state index in [-0.39, 0.29) is 18.5 Å². The predicted octanol–water partition coefficient (Wildman–Crippen LogP) is 7.16. The molecule has 0 heterocycles. The molecule has 0 atom stereocenters. The summed E-state index contributed by atoms with van der Waals surface area (Å²) in [5.41, 5.74) is 3.59. The Kier molecular flexibility index (Phi) is 11.3. The van der Waals surface area contributed by atoms with Crippen molar-refractivity contribution in [3.63, 3.8) is 0 Å². The molecule has 0 radical (unpaired) electrons. The molecular weight excluding hydrogens is 452 g/mol. The number of carbonyl (C=O) groups excluding carboxylic acids is 2. The average Bonchev–Trinajstić information content (AvgIpc) is 2.93. The predicted molar refractivity (Wildman–Crippen MR) is 142 cm³/mol. The standard InChI is InChI=1S/C31H34O5/c1-2-30(32)35-23-11-6-4-3-5-10-22-34-29-20-18-27(19-21-29)26-14-16-28(17-15-26)31(33)36-24-25-12-8-7-9-13-25/h2,7-9,12-21H,1,3-6,10-11,22-24H2. The maximum absolute atomic E-state index is 12.3. The molecule has 3 rings (SSSR count). The van der Waals surface area contributed by atoms with E-state index in [4.69, 9.17) is 14.2 Å². The second-order valence-corrected chi connectivity index (χ2v) is 8.50. The first-order valence-corrected chi connectivity index (χ1v) is 12.5. The van der Waals surface area contributed by atoms with Gasteiger partial charge >= 0.3 is 11.9 Å². The van der Waals surface area contributed by atoms with Crippen LogP contribution in [0.3, 0.4) is 0 Å². The van der Waals surface area contributed by atoms with Gasteiger partial charge in [-0.2, -0.15) is 0 Å². The average molecular weight is 487 g/mol. The van der Waals surface area contributed by atoms with Crippen molar-refractivity contribution in [3.05, 3.63) is 103 Å². The van der Waals surface area contributed by atoms with Crippen LogP contribution in [0.2, 0.25) is 0 Å². The van der Waals surface area contributed by atoms with Crippen LogP contribution in [0.5, 0.6) is 5.75 Å². The monoisotopic (exact) mass is 486 g/mol. The molecule has 0 aromatic heterocycles. The Morgan fingerprint density at radius 2 is 1.25 bits per heavy atom. The van der Waals surface area contributed by atoms with Gasteiger partial charge in [0.25, 0.3) is 0 Å². The molecule has 0 fully saturated rings. The molecule has 0 aliphatic heterocycles. The lowest BCUT2D eigenvalue weighted by atomic mass is 10.0. The molecular formula is C31H34O5. The Balaban J connectivity index is 1.32. The van der Waals surface area contributed by atoms with Gasteiger partial charge in [-0.15, -0.1) is 0 Å². The third kappa shape index (κ3) is 9.41. The third-order valence-electron chi connectivity index (χ3n) is 5.74. The lowest BCUT2D eigenvalue weighted by Crippen LogP contribution is -2.05. The summed E-state index contributed by atoms with van der Waals surface area (Å²) in [6, 6.07) is 25.1. The van der Waals surface area contributed by atoms with E-state index in [9.17, 15) is 9.59 Å². The van der Waals surface area contributed by atoms with Crippen molar-refractivity contribution in [2.24, 2.45) is 0 Å². The Morgan fingerprint density at radius 3 is 1.89 bits per heavy atom. The molecule has 3 aromatic carbocycles. The van der Waals surface area contributed by atoms with Crippen LogP contribution in [0.4, 0.5) is 0 Å². The van der Waals surface area contributed by atoms with Gasteiger partial charge < -0.3 is 14.2 Å². The number of esters is 2. The summed E-state index contributed by atoms with van der Waals surface area (Å²) in [5, 5.41) is 0. The molecule has 0 spiro atoms. The van der Waals surface area contributed by atoms with Gasteiger partial charge in [-0.3, -0.25) is 0 Å². The highest BCUT2D eigenvalue weighted by atomic mass is 16.5. The summed E-state index contributed by atoms with van der Waals surface area (Å²) >= 11 is 0. The molecule has 3 aromatic rings. The fraction of sp³-hybridized carbons (Fsp3) is 0.290. The minimum atomic E-state index is -0.352. The molecule has 0 aliphatic carbocycles. The largest absolute Gasteiger partial charge is 0.494 e. The van der Waals surface area contributed by atoms with Crippen LogP contribution in [-0.4, -0.2) is 25.2 Å². The van der Waals surface area contributed by atoms with E-state index in [0.29, 0.717) is 18.8 Å². The molecule has 0 saturated carbocycles. The molecule has 0 amide bonds. The van der Waals surface area contributed by atoms with Crippen molar-refractivity contribution in [2.45, 2.75) is 45.1 Å². The van der Waals surface area contributed by atoms with Crippen LogP contribution < -0.4 is 4.74 Å². The molecule has 188 valence electrons. The molecule has 0 N–H and O–H groups in total. The van der Waals surface area contributed by atoms with Crippen LogP contribution in [0.15, 0.2) is 91.5 Å². The third-order valence-corrected chi connectivity index (χ3v) is 5.74. The van der Waals surface area contributed by atoms with Crippen LogP contribution in [0, 0.1) is 0 Å². The van der Waals surface area contributed by atoms with Gasteiger partial charge in [0.2, 0.25) is 0 Å². The van der Waals surface area contributed by atoms with Crippen molar-refractivity contribution in [1.82, 2.24) is 0 Å². The molecule has 0 aliphatic rings. The number of unbranched alkanes of at least 4 members (excludes halogenated alkanes) is 5. The summed E-state index contributed by atoms with van der Waals surface area (Å²) in [4.78, 5) is 23.3. The smallest absolute Gasteiger partial charge is 0.338 e. The van der Waals surface area contributed by atoms with Crippen molar-refractivity contribution < 1.29 is 23.8 Å². The molecule has 36 heavy (non-hydrogen) atoms. The van der Waals surface area contributed by atoms with E-state index in [1.165, 1.54) is 6.08 Å². The van der Waals surface area contributed by atoms with Crippen LogP contribution in [0.1, 0.15) is 54.4 Å². The Morgan fingerprint density at radius 1 is 0.667 bits per heavy atom. The fourth-order valence-corrected chi connectivity index (χ4v) is 3.68. The van der Waals surface area contributed by atoms with Gasteiger partial charge in [0.15, 0.2) is 0 Å². The Hall–Kier alpha value is -3.86. The maximum Gasteiger partial charge on any atom is 0.338 e. The van der Waals surface area contributed by atoms with Gasteiger partial charge in [0, 0.05) is 6.08 Å². The van der Waals surface area contributed by atoms with Crippen molar-refractivity contribution >= 4 is 11.9 Å². The molecule has 0 bridgehead atoms. The minimum Gasteiger partial charge on any atom is -0.494 e. The van der Waals surface area contributed by atoms with Gasteiger partial charge in [0.1, 0.15) is 12.4 Å². The van der Waals surface area contributed by atoms with E-state index in [1.54, 1.807) is 12.1 Å². The van der Waals surface area contributed by atoms with Crippen LogP contribution in [0.25, 0.3) is 11.1 Å². The zero-order chi connectivity index (χ0) is 25.4. The van der Waals surface area contributed by atoms with Gasteiger partial charge in [0.05, 0.1) is 18.8 Å². The van der Waals surface area contributed by atoms with Gasteiger partial charge in [-0.1, -0.05) is 86.9 Å². The van der Waals surface area contributed by atoms with E-state index in [2.05, 4.69) is 6.58 Å². The second-order valence-electron chi connectivity index (χ2n) is 8.50. The number of benzene rings is 3. The first kappa shape index (κ1) is 26.7. The van der Waals surface area contributed by atoms with Crippen molar-refractivity contribution in [2.75, 3.05) is 13.2 Å². The lowest BCUT2D eigenvalue weighted by molar-refractivity contribution is -0.137. The van der Waals surface area contributed by atoms with E-state index >= 15 is 0 Å². The highest BCUT2D eigenvalue weighted by molar-refractivity contribution is 5.90. The van der Waals surface area contributed by atoms with E-state index in [0.717, 1.165) is 61.0 Å². The SMILES string of the molecule is C=CC(=O)OCCCCCCCCOc1ccc(-c2ccc(C(=O)OCc3ccccc3)cc2)cc1. The highest BCUT2D eigenvalue weighted by Crippen LogP contribution is 2.23. The normalized spacial score (nSPS) is 10.4. The zero-order valence-electron chi connectivity index (χ0n) is 20.7. The molecule has 5 nitrogen and oxygen atoms in total. The number of rotatable bonds is 15. The maximum atomic E-state index is 12.3. The summed E-state index contributed by atoms with van der Waals surface area (Å²) in [6.45, 7) is 4.80. The van der Waals surface area contributed by atoms with E-state index in [1.807, 2.05) is 66.7 Å².